The Morgan fingerprint density at radius 2 is 2.33 bits per heavy atom. The number of aryl methyl sites for hydroxylation is 1. The summed E-state index contributed by atoms with van der Waals surface area (Å²) in [7, 11) is 0. The van der Waals surface area contributed by atoms with Gasteiger partial charge in [-0.3, -0.25) is 0 Å². The Bertz CT molecular complexity index is 232. The fraction of sp³-hybridized carbons (Fsp3) is 0.333. The number of thiophene rings is 1. The van der Waals surface area contributed by atoms with Crippen molar-refractivity contribution in [2.45, 2.75) is 13.5 Å². The summed E-state index contributed by atoms with van der Waals surface area (Å²) in [5.41, 5.74) is 0. The van der Waals surface area contributed by atoms with Crippen molar-refractivity contribution in [1.29, 1.82) is 0 Å². The van der Waals surface area contributed by atoms with Crippen LogP contribution in [0.4, 0.5) is 0 Å². The molecule has 0 saturated heterocycles. The van der Waals surface area contributed by atoms with Crippen molar-refractivity contribution in [2.75, 3.05) is 6.54 Å². The summed E-state index contributed by atoms with van der Waals surface area (Å²) in [6.45, 7) is 7.61. The summed E-state index contributed by atoms with van der Waals surface area (Å²) in [5, 5.41) is 3.26. The van der Waals surface area contributed by atoms with E-state index < -0.39 is 0 Å². The molecular formula is C9H14ClNS. The van der Waals surface area contributed by atoms with Crippen molar-refractivity contribution < 1.29 is 0 Å². The molecule has 0 bridgehead atoms. The first kappa shape index (κ1) is 11.7. The van der Waals surface area contributed by atoms with Crippen LogP contribution in [0.25, 0.3) is 0 Å². The lowest BCUT2D eigenvalue weighted by Crippen LogP contribution is -2.11. The third-order valence-corrected chi connectivity index (χ3v) is 2.38. The molecule has 0 aliphatic carbocycles. The molecule has 0 spiro atoms. The summed E-state index contributed by atoms with van der Waals surface area (Å²) in [6.07, 6.45) is 1.88. The average Bonchev–Trinajstić information content (AvgIpc) is 2.37. The largest absolute Gasteiger partial charge is 0.308 e. The van der Waals surface area contributed by atoms with Crippen molar-refractivity contribution in [1.82, 2.24) is 5.32 Å². The van der Waals surface area contributed by atoms with Crippen LogP contribution in [-0.2, 0) is 6.54 Å². The van der Waals surface area contributed by atoms with Gasteiger partial charge in [0.1, 0.15) is 0 Å². The fourth-order valence-electron chi connectivity index (χ4n) is 0.878. The Balaban J connectivity index is 0.00000121. The molecule has 12 heavy (non-hydrogen) atoms. The Kier molecular flexibility index (Phi) is 6.07. The normalized spacial score (nSPS) is 9.08. The lowest BCUT2D eigenvalue weighted by atomic mass is 10.4. The Hall–Kier alpha value is -0.310. The lowest BCUT2D eigenvalue weighted by Gasteiger charge is -1.96. The number of hydrogen-bond acceptors (Lipinski definition) is 2. The molecule has 0 saturated carbocycles. The standard InChI is InChI=1S/C9H13NS.ClH/c1-3-6-10-7-9-5-4-8(2)11-9;/h3-5,10H,1,6-7H2,2H3;1H. The molecule has 0 aromatic carbocycles. The second-order valence-corrected chi connectivity index (χ2v) is 3.80. The van der Waals surface area contributed by atoms with Crippen molar-refractivity contribution in [2.24, 2.45) is 0 Å². The van der Waals surface area contributed by atoms with Gasteiger partial charge in [0.2, 0.25) is 0 Å². The predicted molar refractivity (Wildman–Crippen MR) is 58.2 cm³/mol. The average molecular weight is 204 g/mol. The summed E-state index contributed by atoms with van der Waals surface area (Å²) in [5.74, 6) is 0. The highest BCUT2D eigenvalue weighted by atomic mass is 35.5. The molecule has 0 amide bonds. The molecule has 0 aliphatic rings. The van der Waals surface area contributed by atoms with Gasteiger partial charge in [0.25, 0.3) is 0 Å². The molecule has 0 radical (unpaired) electrons. The molecule has 1 N–H and O–H groups in total. The molecule has 1 heterocycles. The van der Waals surface area contributed by atoms with Gasteiger partial charge < -0.3 is 5.32 Å². The minimum Gasteiger partial charge on any atom is -0.308 e. The SMILES string of the molecule is C=CCNCc1ccc(C)s1.Cl. The van der Waals surface area contributed by atoms with E-state index >= 15 is 0 Å². The van der Waals surface area contributed by atoms with Gasteiger partial charge in [-0.2, -0.15) is 0 Å². The molecule has 0 aliphatic heterocycles. The van der Waals surface area contributed by atoms with Gasteiger partial charge in [-0.05, 0) is 19.1 Å². The highest BCUT2D eigenvalue weighted by molar-refractivity contribution is 7.11. The highest BCUT2D eigenvalue weighted by Gasteiger charge is 1.93. The molecule has 1 rings (SSSR count). The van der Waals surface area contributed by atoms with Crippen LogP contribution in [0, 0.1) is 6.92 Å². The summed E-state index contributed by atoms with van der Waals surface area (Å²) in [4.78, 5) is 2.77. The molecule has 1 aromatic heterocycles. The zero-order valence-corrected chi connectivity index (χ0v) is 8.80. The van der Waals surface area contributed by atoms with Gasteiger partial charge in [-0.15, -0.1) is 30.3 Å². The maximum absolute atomic E-state index is 3.64. The van der Waals surface area contributed by atoms with E-state index in [0.29, 0.717) is 0 Å². The molecule has 0 unspecified atom stereocenters. The second kappa shape index (κ2) is 6.23. The zero-order valence-electron chi connectivity index (χ0n) is 7.17. The molecule has 0 fully saturated rings. The first-order valence-corrected chi connectivity index (χ1v) is 4.51. The van der Waals surface area contributed by atoms with Gasteiger partial charge >= 0.3 is 0 Å². The predicted octanol–water partition coefficient (Wildman–Crippen LogP) is 2.75. The van der Waals surface area contributed by atoms with Crippen LogP contribution in [0.2, 0.25) is 0 Å². The van der Waals surface area contributed by atoms with Gasteiger partial charge in [0.15, 0.2) is 0 Å². The van der Waals surface area contributed by atoms with E-state index in [0.717, 1.165) is 13.1 Å². The Morgan fingerprint density at radius 3 is 2.83 bits per heavy atom. The summed E-state index contributed by atoms with van der Waals surface area (Å²) < 4.78 is 0. The van der Waals surface area contributed by atoms with Crippen LogP contribution in [0.15, 0.2) is 24.8 Å². The van der Waals surface area contributed by atoms with E-state index in [1.165, 1.54) is 9.75 Å². The van der Waals surface area contributed by atoms with Crippen LogP contribution in [0.1, 0.15) is 9.75 Å². The fourth-order valence-corrected chi connectivity index (χ4v) is 1.74. The van der Waals surface area contributed by atoms with Gasteiger partial charge in [-0.1, -0.05) is 6.08 Å². The van der Waals surface area contributed by atoms with Crippen molar-refractivity contribution in [3.05, 3.63) is 34.5 Å². The molecule has 68 valence electrons. The number of hydrogen-bond donors (Lipinski definition) is 1. The number of nitrogens with one attached hydrogen (secondary N) is 1. The van der Waals surface area contributed by atoms with E-state index in [4.69, 9.17) is 0 Å². The molecule has 1 aromatic rings. The van der Waals surface area contributed by atoms with E-state index in [2.05, 4.69) is 31.0 Å². The molecule has 1 nitrogen and oxygen atoms in total. The highest BCUT2D eigenvalue weighted by Crippen LogP contribution is 2.14. The van der Waals surface area contributed by atoms with Gasteiger partial charge in [-0.25, -0.2) is 0 Å². The Labute approximate surface area is 83.9 Å². The first-order valence-electron chi connectivity index (χ1n) is 3.70. The van der Waals surface area contributed by atoms with Gasteiger partial charge in [0, 0.05) is 22.8 Å². The van der Waals surface area contributed by atoms with Gasteiger partial charge in [0.05, 0.1) is 0 Å². The lowest BCUT2D eigenvalue weighted by molar-refractivity contribution is 0.771. The van der Waals surface area contributed by atoms with Crippen LogP contribution in [-0.4, -0.2) is 6.54 Å². The van der Waals surface area contributed by atoms with E-state index in [1.54, 1.807) is 0 Å². The smallest absolute Gasteiger partial charge is 0.0302 e. The van der Waals surface area contributed by atoms with Crippen LogP contribution >= 0.6 is 23.7 Å². The third kappa shape index (κ3) is 3.90. The molecule has 0 atom stereocenters. The minimum absolute atomic E-state index is 0. The van der Waals surface area contributed by atoms with Crippen LogP contribution < -0.4 is 5.32 Å². The van der Waals surface area contributed by atoms with Crippen molar-refractivity contribution in [3.63, 3.8) is 0 Å². The minimum atomic E-state index is 0. The first-order chi connectivity index (χ1) is 5.33. The quantitative estimate of drug-likeness (QED) is 0.586. The van der Waals surface area contributed by atoms with Crippen LogP contribution in [0.5, 0.6) is 0 Å². The number of halogens is 1. The zero-order chi connectivity index (χ0) is 8.10. The van der Waals surface area contributed by atoms with Crippen molar-refractivity contribution in [3.8, 4) is 0 Å². The maximum Gasteiger partial charge on any atom is 0.0302 e. The molecular weight excluding hydrogens is 190 g/mol. The van der Waals surface area contributed by atoms with E-state index in [1.807, 2.05) is 17.4 Å². The third-order valence-electron chi connectivity index (χ3n) is 1.38. The van der Waals surface area contributed by atoms with Crippen molar-refractivity contribution >= 4 is 23.7 Å². The van der Waals surface area contributed by atoms with Crippen LogP contribution in [0.3, 0.4) is 0 Å². The summed E-state index contributed by atoms with van der Waals surface area (Å²) >= 11 is 1.84. The van der Waals surface area contributed by atoms with E-state index in [-0.39, 0.29) is 12.4 Å². The second-order valence-electron chi connectivity index (χ2n) is 2.43. The van der Waals surface area contributed by atoms with E-state index in [9.17, 15) is 0 Å². The molecule has 3 heteroatoms. The monoisotopic (exact) mass is 203 g/mol. The maximum atomic E-state index is 3.64. The Morgan fingerprint density at radius 1 is 1.58 bits per heavy atom. The number of rotatable bonds is 4. The summed E-state index contributed by atoms with van der Waals surface area (Å²) in [6, 6.07) is 4.31. The topological polar surface area (TPSA) is 12.0 Å².